The standard InChI is InChI=1S/2C18H29NO.C18H31NO.C16H27N.C14H23NO.C13H21NO.C13H19N/c1-4-12-18(13-7-14-18)17(20)15-8-10-16(11-9-15)19(5-2)6-3;1-4-11-18(12-8-13-18)17(20)15-9-7-10-16(14-15)19(5-2)6-3;1-6-9-10-17(20)18(4,5)15-11-13-16(14-12-15)19(7-2)8-3;1-4-7-8-9-10-15-11-13-16(14-12-15)17(5-2)6-3;1-5-15(6-2)13-9-7-12(8-10-13)14(3,4)11-16;1-4-13(15)11-7-9-12(10-8-11)14(5-2)6-3;1-3-14(4-2)13-9-8-11-6-5-7-12(11)10-13/h8-11,17,20H,4-7,12-14H2,1-3H3;7,9-10,14,17,20H,4-6,8,11-13H2,1-3H3;11-14,17,20H,6-10H2,1-5H3;11-14H,4-10H2,1-3H3;7-10,16H,5-6,11H2,1-4H3;7-10,13,15H,4-6H2,1-3H3;8-10H,3-7H2,1-2H3. The van der Waals surface area contributed by atoms with Crippen molar-refractivity contribution >= 4 is 39.8 Å². The zero-order valence-corrected chi connectivity index (χ0v) is 81.9. The molecule has 0 aromatic heterocycles. The first kappa shape index (κ1) is 107. The van der Waals surface area contributed by atoms with Gasteiger partial charge in [-0.2, -0.15) is 0 Å². The van der Waals surface area contributed by atoms with Gasteiger partial charge in [-0.1, -0.05) is 199 Å². The van der Waals surface area contributed by atoms with Crippen LogP contribution in [0.4, 0.5) is 39.8 Å². The van der Waals surface area contributed by atoms with Crippen LogP contribution in [0.2, 0.25) is 0 Å². The van der Waals surface area contributed by atoms with Crippen LogP contribution >= 0.6 is 0 Å². The van der Waals surface area contributed by atoms with Crippen LogP contribution in [0.15, 0.2) is 164 Å². The third kappa shape index (κ3) is 32.4. The Balaban J connectivity index is 0.000000300. The highest BCUT2D eigenvalue weighted by atomic mass is 16.3. The van der Waals surface area contributed by atoms with Crippen molar-refractivity contribution in [3.63, 3.8) is 0 Å². The van der Waals surface area contributed by atoms with Gasteiger partial charge in [-0.15, -0.1) is 0 Å². The molecule has 3 aliphatic carbocycles. The number of rotatable bonds is 43. The van der Waals surface area contributed by atoms with E-state index in [2.05, 4.69) is 338 Å². The molecule has 0 radical (unpaired) electrons. The molecule has 0 saturated heterocycles. The molecule has 7 aromatic carbocycles. The first-order valence-corrected chi connectivity index (χ1v) is 49.0. The molecule has 0 aliphatic heterocycles. The average molecular weight is 1680 g/mol. The first-order valence-electron chi connectivity index (χ1n) is 49.0. The molecule has 2 saturated carbocycles. The van der Waals surface area contributed by atoms with Gasteiger partial charge in [0.2, 0.25) is 0 Å². The van der Waals surface area contributed by atoms with Gasteiger partial charge in [-0.05, 0) is 310 Å². The molecule has 10 rings (SSSR count). The Morgan fingerprint density at radius 2 is 0.680 bits per heavy atom. The van der Waals surface area contributed by atoms with E-state index >= 15 is 0 Å². The Morgan fingerprint density at radius 3 is 1.05 bits per heavy atom. The number of benzene rings is 7. The molecular formula is C110H179N7O5. The van der Waals surface area contributed by atoms with Crippen LogP contribution in [0.25, 0.3) is 0 Å². The summed E-state index contributed by atoms with van der Waals surface area (Å²) in [6.07, 6.45) is 25.1. The SMILES string of the molecule is CCC(O)c1ccc(N(CC)CC)cc1.CCCC1(C(O)c2ccc(N(CC)CC)cc2)CCC1.CCCC1(C(O)c2cccc(N(CC)CC)c2)CCC1.CCCCC(O)C(C)(C)c1ccc(N(CC)CC)cc1.CCCCCCc1ccc(N(CC)CC)cc1.CCN(CC)c1ccc(C(C)(C)CO)cc1.CCN(CC)c1ccc2c(c1)CCC2. The maximum atomic E-state index is 10.9. The van der Waals surface area contributed by atoms with Crippen LogP contribution in [-0.4, -0.2) is 130 Å². The van der Waals surface area contributed by atoms with E-state index in [4.69, 9.17) is 0 Å². The monoisotopic (exact) mass is 1680 g/mol. The van der Waals surface area contributed by atoms with E-state index in [1.165, 1.54) is 146 Å². The van der Waals surface area contributed by atoms with E-state index in [0.29, 0.717) is 0 Å². The van der Waals surface area contributed by atoms with E-state index in [-0.39, 0.29) is 52.7 Å². The van der Waals surface area contributed by atoms with Crippen LogP contribution in [0, 0.1) is 10.8 Å². The number of anilines is 7. The molecule has 684 valence electrons. The Bertz CT molecular complexity index is 3790. The fourth-order valence-corrected chi connectivity index (χ4v) is 18.0. The van der Waals surface area contributed by atoms with Gasteiger partial charge in [0.15, 0.2) is 0 Å². The zero-order chi connectivity index (χ0) is 90.3. The maximum Gasteiger partial charge on any atom is 0.0846 e. The molecular weight excluding hydrogens is 1500 g/mol. The van der Waals surface area contributed by atoms with Gasteiger partial charge in [0.1, 0.15) is 0 Å². The molecule has 4 unspecified atom stereocenters. The fraction of sp³-hybridized carbons (Fsp3) is 0.618. The van der Waals surface area contributed by atoms with Crippen molar-refractivity contribution in [2.75, 3.05) is 133 Å². The minimum atomic E-state index is -0.323. The van der Waals surface area contributed by atoms with Crippen LogP contribution in [-0.2, 0) is 30.1 Å². The number of aliphatic hydroxyl groups excluding tert-OH is 5. The largest absolute Gasteiger partial charge is 0.395 e. The Morgan fingerprint density at radius 1 is 0.328 bits per heavy atom. The van der Waals surface area contributed by atoms with Crippen molar-refractivity contribution in [1.82, 2.24) is 0 Å². The highest BCUT2D eigenvalue weighted by Gasteiger charge is 2.44. The highest BCUT2D eigenvalue weighted by molar-refractivity contribution is 5.55. The summed E-state index contributed by atoms with van der Waals surface area (Å²) in [5.41, 5.74) is 19.2. The van der Waals surface area contributed by atoms with E-state index in [0.717, 1.165) is 160 Å². The lowest BCUT2D eigenvalue weighted by Crippen LogP contribution is -2.36. The molecule has 122 heavy (non-hydrogen) atoms. The molecule has 5 N–H and O–H groups in total. The summed E-state index contributed by atoms with van der Waals surface area (Å²) in [5.74, 6) is 0. The Kier molecular flexibility index (Phi) is 50.6. The van der Waals surface area contributed by atoms with Crippen molar-refractivity contribution in [3.8, 4) is 0 Å². The molecule has 0 heterocycles. The summed E-state index contributed by atoms with van der Waals surface area (Å²) < 4.78 is 0. The number of aliphatic hydroxyl groups is 5. The summed E-state index contributed by atoms with van der Waals surface area (Å²) in [6.45, 7) is 64.6. The highest BCUT2D eigenvalue weighted by Crippen LogP contribution is 2.55. The number of hydrogen-bond donors (Lipinski definition) is 5. The van der Waals surface area contributed by atoms with E-state index < -0.39 is 0 Å². The van der Waals surface area contributed by atoms with Gasteiger partial charge in [0.05, 0.1) is 31.0 Å². The summed E-state index contributed by atoms with van der Waals surface area (Å²) >= 11 is 0. The van der Waals surface area contributed by atoms with Crippen molar-refractivity contribution in [1.29, 1.82) is 0 Å². The molecule has 4 atom stereocenters. The first-order chi connectivity index (χ1) is 58.7. The number of unbranched alkanes of at least 4 members (excludes halogenated alkanes) is 4. The summed E-state index contributed by atoms with van der Waals surface area (Å²) in [7, 11) is 0. The van der Waals surface area contributed by atoms with Crippen LogP contribution < -0.4 is 34.3 Å². The number of hydrogen-bond acceptors (Lipinski definition) is 12. The minimum absolute atomic E-state index is 0.149. The second-order valence-electron chi connectivity index (χ2n) is 35.4. The molecule has 0 spiro atoms. The topological polar surface area (TPSA) is 124 Å². The summed E-state index contributed by atoms with van der Waals surface area (Å²) in [4.78, 5) is 16.4. The second-order valence-corrected chi connectivity index (χ2v) is 35.4. The van der Waals surface area contributed by atoms with Gasteiger partial charge < -0.3 is 59.8 Å². The third-order valence-electron chi connectivity index (χ3n) is 27.0. The van der Waals surface area contributed by atoms with Crippen molar-refractivity contribution < 1.29 is 25.5 Å². The van der Waals surface area contributed by atoms with Crippen molar-refractivity contribution in [2.45, 2.75) is 336 Å². The second kappa shape index (κ2) is 57.5. The molecule has 3 aliphatic rings. The van der Waals surface area contributed by atoms with Crippen LogP contribution in [0.5, 0.6) is 0 Å². The Hall–Kier alpha value is -7.06. The van der Waals surface area contributed by atoms with E-state index in [1.54, 1.807) is 11.1 Å². The number of nitrogens with zero attached hydrogens (tertiary/aromatic N) is 7. The minimum Gasteiger partial charge on any atom is -0.395 e. The smallest absolute Gasteiger partial charge is 0.0846 e. The predicted octanol–water partition coefficient (Wildman–Crippen LogP) is 26.9. The maximum absolute atomic E-state index is 10.9. The van der Waals surface area contributed by atoms with Gasteiger partial charge >= 0.3 is 0 Å². The lowest BCUT2D eigenvalue weighted by Gasteiger charge is -2.46. The lowest BCUT2D eigenvalue weighted by atomic mass is 9.61. The van der Waals surface area contributed by atoms with Gasteiger partial charge in [0, 0.05) is 153 Å². The normalized spacial score (nSPS) is 14.4. The third-order valence-corrected chi connectivity index (χ3v) is 27.0. The lowest BCUT2D eigenvalue weighted by molar-refractivity contribution is -0.0440. The summed E-state index contributed by atoms with van der Waals surface area (Å²) in [6, 6.07) is 58.6. The van der Waals surface area contributed by atoms with E-state index in [9.17, 15) is 25.5 Å². The zero-order valence-electron chi connectivity index (χ0n) is 81.9. The molecule has 2 fully saturated rings. The molecule has 7 aromatic rings. The molecule has 12 heteroatoms. The van der Waals surface area contributed by atoms with Crippen LogP contribution in [0.3, 0.4) is 0 Å². The van der Waals surface area contributed by atoms with Gasteiger partial charge in [-0.3, -0.25) is 0 Å². The van der Waals surface area contributed by atoms with Crippen LogP contribution in [0.1, 0.15) is 344 Å². The quantitative estimate of drug-likeness (QED) is 0.0234. The van der Waals surface area contributed by atoms with E-state index in [1.807, 2.05) is 19.1 Å². The fourth-order valence-electron chi connectivity index (χ4n) is 18.0. The summed E-state index contributed by atoms with van der Waals surface area (Å²) in [5, 5.41) is 51.0. The van der Waals surface area contributed by atoms with Crippen molar-refractivity contribution in [3.05, 3.63) is 208 Å². The molecule has 0 bridgehead atoms. The predicted molar refractivity (Wildman–Crippen MR) is 536 cm³/mol. The van der Waals surface area contributed by atoms with Gasteiger partial charge in [0.25, 0.3) is 0 Å². The molecule has 12 nitrogen and oxygen atoms in total. The van der Waals surface area contributed by atoms with Gasteiger partial charge in [-0.25, -0.2) is 0 Å². The Labute approximate surface area is 748 Å². The average Bonchev–Trinajstić information content (AvgIpc) is 1.18. The van der Waals surface area contributed by atoms with Crippen molar-refractivity contribution in [2.24, 2.45) is 10.8 Å². The number of aryl methyl sites for hydroxylation is 3. The molecule has 0 amide bonds. The number of fused-ring (bicyclic) bond motifs is 1.